The Balaban J connectivity index is 1.97. The van der Waals surface area contributed by atoms with Crippen molar-refractivity contribution in [1.82, 2.24) is 4.90 Å². The summed E-state index contributed by atoms with van der Waals surface area (Å²) in [6, 6.07) is 10.1. The van der Waals surface area contributed by atoms with Crippen molar-refractivity contribution in [3.8, 4) is 5.75 Å². The maximum absolute atomic E-state index is 13.1. The first-order valence-corrected chi connectivity index (χ1v) is 10.4. The van der Waals surface area contributed by atoms with Crippen LogP contribution in [0.1, 0.15) is 34.3 Å². The lowest BCUT2D eigenvalue weighted by Crippen LogP contribution is -2.29. The molecule has 0 aromatic heterocycles. The molecule has 1 N–H and O–H groups in total. The van der Waals surface area contributed by atoms with Gasteiger partial charge in [-0.15, -0.1) is 0 Å². The number of methoxy groups -OCH3 is 1. The van der Waals surface area contributed by atoms with Crippen LogP contribution in [0.4, 0.5) is 5.69 Å². The second-order valence-electron chi connectivity index (χ2n) is 6.74. The Bertz CT molecular complexity index is 941. The van der Waals surface area contributed by atoms with Crippen LogP contribution in [-0.2, 0) is 10.0 Å². The molecule has 0 saturated carbocycles. The normalized spacial score (nSPS) is 14.3. The Kier molecular flexibility index (Phi) is 5.41. The third kappa shape index (κ3) is 3.93. The van der Waals surface area contributed by atoms with Gasteiger partial charge in [-0.1, -0.05) is 12.1 Å². The quantitative estimate of drug-likeness (QED) is 0.852. The van der Waals surface area contributed by atoms with Crippen molar-refractivity contribution in [3.63, 3.8) is 0 Å². The minimum absolute atomic E-state index is 0.144. The Labute approximate surface area is 160 Å². The van der Waals surface area contributed by atoms with Gasteiger partial charge in [0.25, 0.3) is 15.9 Å². The zero-order chi connectivity index (χ0) is 19.6. The van der Waals surface area contributed by atoms with E-state index in [-0.39, 0.29) is 10.8 Å². The number of nitrogens with zero attached hydrogens (tertiary/aromatic N) is 1. The van der Waals surface area contributed by atoms with Crippen LogP contribution in [0, 0.1) is 13.8 Å². The highest BCUT2D eigenvalue weighted by Crippen LogP contribution is 2.29. The molecule has 2 aromatic rings. The van der Waals surface area contributed by atoms with Gasteiger partial charge in [-0.3, -0.25) is 9.52 Å². The fourth-order valence-corrected chi connectivity index (χ4v) is 5.03. The van der Waals surface area contributed by atoms with Crippen molar-refractivity contribution in [3.05, 3.63) is 53.1 Å². The van der Waals surface area contributed by atoms with Crippen LogP contribution in [0.2, 0.25) is 0 Å². The smallest absolute Gasteiger partial charge is 0.262 e. The highest BCUT2D eigenvalue weighted by Gasteiger charge is 2.25. The van der Waals surface area contributed by atoms with E-state index in [0.717, 1.165) is 12.8 Å². The summed E-state index contributed by atoms with van der Waals surface area (Å²) >= 11 is 0. The number of hydrogen-bond acceptors (Lipinski definition) is 4. The van der Waals surface area contributed by atoms with Crippen molar-refractivity contribution in [2.24, 2.45) is 0 Å². The lowest BCUT2D eigenvalue weighted by molar-refractivity contribution is 0.0794. The summed E-state index contributed by atoms with van der Waals surface area (Å²) in [5.41, 5.74) is 1.83. The topological polar surface area (TPSA) is 75.7 Å². The number of carbonyl (C=O) groups excluding carboxylic acids is 1. The van der Waals surface area contributed by atoms with E-state index >= 15 is 0 Å². The number of sulfonamides is 1. The summed E-state index contributed by atoms with van der Waals surface area (Å²) in [5, 5.41) is 0. The van der Waals surface area contributed by atoms with Crippen LogP contribution in [-0.4, -0.2) is 39.4 Å². The fourth-order valence-electron chi connectivity index (χ4n) is 3.50. The van der Waals surface area contributed by atoms with Crippen molar-refractivity contribution in [1.29, 1.82) is 0 Å². The molecule has 2 aromatic carbocycles. The van der Waals surface area contributed by atoms with Gasteiger partial charge in [0.1, 0.15) is 5.75 Å². The Morgan fingerprint density at radius 3 is 2.26 bits per heavy atom. The Morgan fingerprint density at radius 1 is 1.07 bits per heavy atom. The average molecular weight is 388 g/mol. The SMILES string of the molecule is COc1cc(C)c(S(=O)(=O)Nc2ccccc2C(=O)N2CCCC2)c(C)c1. The van der Waals surface area contributed by atoms with E-state index in [1.54, 1.807) is 62.3 Å². The maximum atomic E-state index is 13.1. The van der Waals surface area contributed by atoms with Crippen LogP contribution in [0.3, 0.4) is 0 Å². The lowest BCUT2D eigenvalue weighted by atomic mass is 10.1. The number of nitrogens with one attached hydrogen (secondary N) is 1. The van der Waals surface area contributed by atoms with Gasteiger partial charge in [-0.2, -0.15) is 0 Å². The minimum Gasteiger partial charge on any atom is -0.497 e. The number of para-hydroxylation sites is 1. The predicted molar refractivity (Wildman–Crippen MR) is 105 cm³/mol. The molecule has 27 heavy (non-hydrogen) atoms. The molecule has 144 valence electrons. The van der Waals surface area contributed by atoms with E-state index in [0.29, 0.717) is 41.2 Å². The zero-order valence-electron chi connectivity index (χ0n) is 15.8. The molecule has 0 radical (unpaired) electrons. The van der Waals surface area contributed by atoms with Crippen LogP contribution < -0.4 is 9.46 Å². The van der Waals surface area contributed by atoms with Crippen molar-refractivity contribution < 1.29 is 17.9 Å². The fraction of sp³-hybridized carbons (Fsp3) is 0.350. The molecule has 1 aliphatic rings. The molecule has 1 amide bonds. The first-order chi connectivity index (χ1) is 12.8. The first-order valence-electron chi connectivity index (χ1n) is 8.90. The predicted octanol–water partition coefficient (Wildman–Crippen LogP) is 3.35. The molecule has 7 heteroatoms. The molecular weight excluding hydrogens is 364 g/mol. The summed E-state index contributed by atoms with van der Waals surface area (Å²) in [7, 11) is -2.31. The van der Waals surface area contributed by atoms with Crippen LogP contribution in [0.15, 0.2) is 41.3 Å². The number of hydrogen-bond donors (Lipinski definition) is 1. The van der Waals surface area contributed by atoms with Crippen LogP contribution >= 0.6 is 0 Å². The monoisotopic (exact) mass is 388 g/mol. The van der Waals surface area contributed by atoms with E-state index in [1.807, 2.05) is 0 Å². The summed E-state index contributed by atoms with van der Waals surface area (Å²) < 4.78 is 33.9. The summed E-state index contributed by atoms with van der Waals surface area (Å²) in [6.07, 6.45) is 1.95. The van der Waals surface area contributed by atoms with Crippen molar-refractivity contribution in [2.45, 2.75) is 31.6 Å². The lowest BCUT2D eigenvalue weighted by Gasteiger charge is -2.19. The van der Waals surface area contributed by atoms with Gasteiger partial charge in [0.15, 0.2) is 0 Å². The molecule has 1 aliphatic heterocycles. The molecule has 0 atom stereocenters. The molecule has 0 unspecified atom stereocenters. The Morgan fingerprint density at radius 2 is 1.67 bits per heavy atom. The number of rotatable bonds is 5. The molecule has 0 bridgehead atoms. The average Bonchev–Trinajstić information content (AvgIpc) is 3.15. The molecule has 1 heterocycles. The number of aryl methyl sites for hydroxylation is 2. The van der Waals surface area contributed by atoms with Gasteiger partial charge >= 0.3 is 0 Å². The summed E-state index contributed by atoms with van der Waals surface area (Å²) in [6.45, 7) is 4.87. The number of benzene rings is 2. The van der Waals surface area contributed by atoms with Gasteiger partial charge in [-0.25, -0.2) is 8.42 Å². The molecule has 6 nitrogen and oxygen atoms in total. The number of carbonyl (C=O) groups is 1. The standard InChI is InChI=1S/C20H24N2O4S/c1-14-12-16(26-3)13-15(2)19(14)27(24,25)21-18-9-5-4-8-17(18)20(23)22-10-6-7-11-22/h4-5,8-9,12-13,21H,6-7,10-11H2,1-3H3. The second-order valence-corrected chi connectivity index (χ2v) is 8.36. The largest absolute Gasteiger partial charge is 0.497 e. The maximum Gasteiger partial charge on any atom is 0.262 e. The molecular formula is C20H24N2O4S. The van der Waals surface area contributed by atoms with Gasteiger partial charge < -0.3 is 9.64 Å². The highest BCUT2D eigenvalue weighted by atomic mass is 32.2. The molecule has 1 saturated heterocycles. The molecule has 0 spiro atoms. The highest BCUT2D eigenvalue weighted by molar-refractivity contribution is 7.92. The van der Waals surface area contributed by atoms with Crippen LogP contribution in [0.25, 0.3) is 0 Å². The summed E-state index contributed by atoms with van der Waals surface area (Å²) in [5.74, 6) is 0.461. The number of ether oxygens (including phenoxy) is 1. The van der Waals surface area contributed by atoms with E-state index in [2.05, 4.69) is 4.72 Å². The van der Waals surface area contributed by atoms with Crippen molar-refractivity contribution in [2.75, 3.05) is 24.9 Å². The Hall–Kier alpha value is -2.54. The second kappa shape index (κ2) is 7.60. The third-order valence-corrected chi connectivity index (χ3v) is 6.40. The summed E-state index contributed by atoms with van der Waals surface area (Å²) in [4.78, 5) is 14.7. The van der Waals surface area contributed by atoms with Gasteiger partial charge in [0.05, 0.1) is 23.3 Å². The van der Waals surface area contributed by atoms with Crippen molar-refractivity contribution >= 4 is 21.6 Å². The molecule has 3 rings (SSSR count). The number of likely N-dealkylation sites (tertiary alicyclic amines) is 1. The first kappa shape index (κ1) is 19.2. The van der Waals surface area contributed by atoms with Gasteiger partial charge in [0, 0.05) is 13.1 Å². The van der Waals surface area contributed by atoms with E-state index < -0.39 is 10.0 Å². The van der Waals surface area contributed by atoms with E-state index in [1.165, 1.54) is 0 Å². The van der Waals surface area contributed by atoms with E-state index in [4.69, 9.17) is 4.74 Å². The molecule has 0 aliphatic carbocycles. The van der Waals surface area contributed by atoms with E-state index in [9.17, 15) is 13.2 Å². The number of amides is 1. The molecule has 1 fully saturated rings. The van der Waals surface area contributed by atoms with Gasteiger partial charge in [-0.05, 0) is 62.1 Å². The van der Waals surface area contributed by atoms with Crippen LogP contribution in [0.5, 0.6) is 5.75 Å². The minimum atomic E-state index is -3.86. The zero-order valence-corrected chi connectivity index (χ0v) is 16.6. The number of anilines is 1. The third-order valence-electron chi connectivity index (χ3n) is 4.73. The van der Waals surface area contributed by atoms with Gasteiger partial charge in [0.2, 0.25) is 0 Å².